The predicted molar refractivity (Wildman–Crippen MR) is 78.1 cm³/mol. The van der Waals surface area contributed by atoms with Gasteiger partial charge in [-0.15, -0.1) is 0 Å². The zero-order valence-electron chi connectivity index (χ0n) is 12.1. The highest BCUT2D eigenvalue weighted by molar-refractivity contribution is 5.90. The van der Waals surface area contributed by atoms with Gasteiger partial charge in [0.15, 0.2) is 6.61 Å². The fourth-order valence-corrected chi connectivity index (χ4v) is 2.20. The fourth-order valence-electron chi connectivity index (χ4n) is 2.20. The van der Waals surface area contributed by atoms with Gasteiger partial charge in [0.25, 0.3) is 5.91 Å². The number of ether oxygens (including phenoxy) is 2. The Bertz CT molecular complexity index is 524. The van der Waals surface area contributed by atoms with Gasteiger partial charge in [-0.2, -0.15) is 0 Å². The van der Waals surface area contributed by atoms with Crippen LogP contribution in [-0.4, -0.2) is 43.1 Å². The number of hydrogen-bond acceptors (Lipinski definition) is 5. The number of carbonyl (C=O) groups excluding carboxylic acids is 2. The third-order valence-corrected chi connectivity index (χ3v) is 3.33. The Balaban J connectivity index is 1.99. The molecule has 1 aromatic carbocycles. The van der Waals surface area contributed by atoms with Gasteiger partial charge in [0.2, 0.25) is 0 Å². The van der Waals surface area contributed by atoms with Crippen molar-refractivity contribution in [2.24, 2.45) is 0 Å². The Morgan fingerprint density at radius 2 is 2.00 bits per heavy atom. The maximum atomic E-state index is 11.9. The minimum atomic E-state index is -0.437. The van der Waals surface area contributed by atoms with Crippen LogP contribution in [0.4, 0.5) is 5.69 Å². The van der Waals surface area contributed by atoms with Crippen LogP contribution in [-0.2, 0) is 9.53 Å². The molecule has 0 radical (unpaired) electrons. The average Bonchev–Trinajstić information content (AvgIpc) is 3.00. The lowest BCUT2D eigenvalue weighted by Gasteiger charge is -2.16. The number of likely N-dealkylation sites (tertiary alicyclic amines) is 1. The first kappa shape index (κ1) is 15.2. The van der Waals surface area contributed by atoms with Crippen molar-refractivity contribution in [1.82, 2.24) is 4.90 Å². The molecule has 6 nitrogen and oxygen atoms in total. The molecule has 0 aliphatic carbocycles. The number of hydrogen-bond donors (Lipinski definition) is 1. The lowest BCUT2D eigenvalue weighted by molar-refractivity contribution is -0.132. The average molecular weight is 292 g/mol. The van der Waals surface area contributed by atoms with Crippen LogP contribution in [0.2, 0.25) is 0 Å². The van der Waals surface area contributed by atoms with E-state index < -0.39 is 5.97 Å². The first-order chi connectivity index (χ1) is 10.1. The van der Waals surface area contributed by atoms with Gasteiger partial charge in [0.05, 0.1) is 17.9 Å². The summed E-state index contributed by atoms with van der Waals surface area (Å²) in [7, 11) is 0. The van der Waals surface area contributed by atoms with Crippen LogP contribution >= 0.6 is 0 Å². The van der Waals surface area contributed by atoms with Crippen molar-refractivity contribution in [2.75, 3.05) is 32.0 Å². The summed E-state index contributed by atoms with van der Waals surface area (Å²) in [4.78, 5) is 25.4. The molecule has 1 aromatic rings. The standard InChI is InChI=1S/C15H20N2O4/c1-2-20-15(19)11-5-6-12(16)13(9-11)21-10-14(18)17-7-3-4-8-17/h5-6,9H,2-4,7-8,10,16H2,1H3. The summed E-state index contributed by atoms with van der Waals surface area (Å²) in [6, 6.07) is 4.65. The second-order valence-electron chi connectivity index (χ2n) is 4.85. The van der Waals surface area contributed by atoms with Crippen molar-refractivity contribution in [2.45, 2.75) is 19.8 Å². The molecule has 0 bridgehead atoms. The third-order valence-electron chi connectivity index (χ3n) is 3.33. The number of carbonyl (C=O) groups is 2. The molecule has 1 amide bonds. The minimum absolute atomic E-state index is 0.0616. The van der Waals surface area contributed by atoms with E-state index in [0.717, 1.165) is 25.9 Å². The highest BCUT2D eigenvalue weighted by atomic mass is 16.5. The molecule has 2 rings (SSSR count). The van der Waals surface area contributed by atoms with Crippen molar-refractivity contribution in [1.29, 1.82) is 0 Å². The maximum absolute atomic E-state index is 11.9. The largest absolute Gasteiger partial charge is 0.482 e. The molecule has 1 fully saturated rings. The molecule has 0 atom stereocenters. The quantitative estimate of drug-likeness (QED) is 0.656. The molecule has 1 aliphatic rings. The molecule has 6 heteroatoms. The van der Waals surface area contributed by atoms with Gasteiger partial charge in [-0.3, -0.25) is 4.79 Å². The second kappa shape index (κ2) is 6.97. The third kappa shape index (κ3) is 3.87. The number of amides is 1. The molecular weight excluding hydrogens is 272 g/mol. The summed E-state index contributed by atoms with van der Waals surface area (Å²) in [6.07, 6.45) is 2.07. The summed E-state index contributed by atoms with van der Waals surface area (Å²) in [5.41, 5.74) is 6.54. The summed E-state index contributed by atoms with van der Waals surface area (Å²) < 4.78 is 10.4. The highest BCUT2D eigenvalue weighted by Gasteiger charge is 2.19. The lowest BCUT2D eigenvalue weighted by Crippen LogP contribution is -2.32. The van der Waals surface area contributed by atoms with E-state index in [2.05, 4.69) is 0 Å². The first-order valence-corrected chi connectivity index (χ1v) is 7.09. The van der Waals surface area contributed by atoms with E-state index in [-0.39, 0.29) is 12.5 Å². The van der Waals surface area contributed by atoms with E-state index in [9.17, 15) is 9.59 Å². The second-order valence-corrected chi connectivity index (χ2v) is 4.85. The van der Waals surface area contributed by atoms with Crippen LogP contribution in [0.3, 0.4) is 0 Å². The Kier molecular flexibility index (Phi) is 5.03. The van der Waals surface area contributed by atoms with Crippen LogP contribution < -0.4 is 10.5 Å². The number of rotatable bonds is 5. The predicted octanol–water partition coefficient (Wildman–Crippen LogP) is 1.45. The van der Waals surface area contributed by atoms with Gasteiger partial charge >= 0.3 is 5.97 Å². The Labute approximate surface area is 123 Å². The SMILES string of the molecule is CCOC(=O)c1ccc(N)c(OCC(=O)N2CCCC2)c1. The van der Waals surface area contributed by atoms with Crippen molar-refractivity contribution in [3.8, 4) is 5.75 Å². The van der Waals surface area contributed by atoms with E-state index in [0.29, 0.717) is 23.6 Å². The Morgan fingerprint density at radius 1 is 1.29 bits per heavy atom. The van der Waals surface area contributed by atoms with Crippen LogP contribution in [0.25, 0.3) is 0 Å². The monoisotopic (exact) mass is 292 g/mol. The highest BCUT2D eigenvalue weighted by Crippen LogP contribution is 2.23. The van der Waals surface area contributed by atoms with Crippen LogP contribution in [0, 0.1) is 0 Å². The summed E-state index contributed by atoms with van der Waals surface area (Å²) in [5, 5.41) is 0. The number of nitrogens with zero attached hydrogens (tertiary/aromatic N) is 1. The van der Waals surface area contributed by atoms with E-state index in [1.165, 1.54) is 6.07 Å². The van der Waals surface area contributed by atoms with Gasteiger partial charge in [-0.1, -0.05) is 0 Å². The number of nitrogens with two attached hydrogens (primary N) is 1. The van der Waals surface area contributed by atoms with Crippen molar-refractivity contribution >= 4 is 17.6 Å². The normalized spacial score (nSPS) is 14.0. The minimum Gasteiger partial charge on any atom is -0.482 e. The van der Waals surface area contributed by atoms with Gasteiger partial charge in [-0.05, 0) is 38.0 Å². The first-order valence-electron chi connectivity index (χ1n) is 7.09. The smallest absolute Gasteiger partial charge is 0.338 e. The molecule has 1 heterocycles. The molecule has 0 unspecified atom stereocenters. The molecule has 0 saturated carbocycles. The summed E-state index contributed by atoms with van der Waals surface area (Å²) in [5.74, 6) is -0.172. The molecule has 0 spiro atoms. The van der Waals surface area contributed by atoms with E-state index >= 15 is 0 Å². The zero-order valence-corrected chi connectivity index (χ0v) is 12.1. The van der Waals surface area contributed by atoms with E-state index in [4.69, 9.17) is 15.2 Å². The lowest BCUT2D eigenvalue weighted by atomic mass is 10.2. The van der Waals surface area contributed by atoms with Gasteiger partial charge in [0.1, 0.15) is 5.75 Å². The Morgan fingerprint density at radius 3 is 2.67 bits per heavy atom. The number of benzene rings is 1. The molecule has 2 N–H and O–H groups in total. The molecule has 1 aliphatic heterocycles. The molecule has 21 heavy (non-hydrogen) atoms. The van der Waals surface area contributed by atoms with Gasteiger partial charge < -0.3 is 20.1 Å². The van der Waals surface area contributed by atoms with E-state index in [1.807, 2.05) is 0 Å². The summed E-state index contributed by atoms with van der Waals surface area (Å²) >= 11 is 0. The number of esters is 1. The van der Waals surface area contributed by atoms with Gasteiger partial charge in [0, 0.05) is 13.1 Å². The van der Waals surface area contributed by atoms with Crippen molar-refractivity contribution < 1.29 is 19.1 Å². The maximum Gasteiger partial charge on any atom is 0.338 e. The van der Waals surface area contributed by atoms with Crippen molar-refractivity contribution in [3.05, 3.63) is 23.8 Å². The zero-order chi connectivity index (χ0) is 15.2. The van der Waals surface area contributed by atoms with E-state index in [1.54, 1.807) is 24.0 Å². The van der Waals surface area contributed by atoms with Crippen LogP contribution in [0.15, 0.2) is 18.2 Å². The van der Waals surface area contributed by atoms with Gasteiger partial charge in [-0.25, -0.2) is 4.79 Å². The summed E-state index contributed by atoms with van der Waals surface area (Å²) in [6.45, 7) is 3.52. The molecule has 1 saturated heterocycles. The molecule has 0 aromatic heterocycles. The Hall–Kier alpha value is -2.24. The topological polar surface area (TPSA) is 81.9 Å². The molecular formula is C15H20N2O4. The molecule has 114 valence electrons. The van der Waals surface area contributed by atoms with Crippen LogP contribution in [0.5, 0.6) is 5.75 Å². The fraction of sp³-hybridized carbons (Fsp3) is 0.467. The van der Waals surface area contributed by atoms with Crippen molar-refractivity contribution in [3.63, 3.8) is 0 Å². The number of nitrogen functional groups attached to an aromatic ring is 1. The van der Waals surface area contributed by atoms with Crippen LogP contribution in [0.1, 0.15) is 30.1 Å². The number of anilines is 1.